The maximum absolute atomic E-state index is 13.8. The summed E-state index contributed by atoms with van der Waals surface area (Å²) in [6.45, 7) is 6.35. The smallest absolute Gasteiger partial charge is 0.289 e. The van der Waals surface area contributed by atoms with Crippen molar-refractivity contribution in [1.29, 1.82) is 0 Å². The number of likely N-dealkylation sites (tertiary alicyclic amines) is 1. The molecule has 2 fully saturated rings. The molecule has 5 rings (SSSR count). The lowest BCUT2D eigenvalue weighted by Gasteiger charge is -2.34. The fraction of sp³-hybridized carbons (Fsp3) is 0.484. The van der Waals surface area contributed by atoms with Crippen LogP contribution < -0.4 is 19.7 Å². The predicted molar refractivity (Wildman–Crippen MR) is 170 cm³/mol. The number of Topliss-reactive ketones (excluding diaryl/α,β-unsaturated/α-hetero) is 1. The highest BCUT2D eigenvalue weighted by Gasteiger charge is 2.35. The van der Waals surface area contributed by atoms with Crippen LogP contribution in [0.2, 0.25) is 0 Å². The van der Waals surface area contributed by atoms with Gasteiger partial charge in [-0.25, -0.2) is 4.98 Å². The number of rotatable bonds is 10. The van der Waals surface area contributed by atoms with E-state index in [-0.39, 0.29) is 23.5 Å². The topological polar surface area (TPSA) is 130 Å². The molecule has 2 amide bonds. The van der Waals surface area contributed by atoms with Crippen molar-refractivity contribution < 1.29 is 28.3 Å². The molecule has 2 aromatic heterocycles. The number of hydrogen-bond donors (Lipinski definition) is 1. The number of hydrogen-bond acceptors (Lipinski definition) is 10. The zero-order chi connectivity index (χ0) is 31.4. The minimum Gasteiger partial charge on any atom is -0.493 e. The molecule has 0 saturated carbocycles. The highest BCUT2D eigenvalue weighted by atomic mass is 32.1. The van der Waals surface area contributed by atoms with E-state index in [0.29, 0.717) is 96.9 Å². The molecule has 1 unspecified atom stereocenters. The van der Waals surface area contributed by atoms with E-state index in [1.807, 2.05) is 23.6 Å². The first kappa shape index (κ1) is 31.2. The summed E-state index contributed by atoms with van der Waals surface area (Å²) in [6.07, 6.45) is 3.76. The fourth-order valence-corrected chi connectivity index (χ4v) is 6.01. The molecule has 13 heteroatoms. The van der Waals surface area contributed by atoms with Crippen molar-refractivity contribution in [2.45, 2.75) is 45.6 Å². The van der Waals surface area contributed by atoms with E-state index in [4.69, 9.17) is 36.1 Å². The molecule has 1 N–H and O–H groups in total. The number of methoxy groups -OCH3 is 2. The average Bonchev–Trinajstić information content (AvgIpc) is 3.76. The third-order valence-corrected chi connectivity index (χ3v) is 8.84. The first-order valence-corrected chi connectivity index (χ1v) is 15.3. The maximum atomic E-state index is 13.8. The molecule has 234 valence electrons. The van der Waals surface area contributed by atoms with Crippen molar-refractivity contribution in [3.8, 4) is 11.5 Å². The van der Waals surface area contributed by atoms with Gasteiger partial charge < -0.3 is 33.9 Å². The van der Waals surface area contributed by atoms with Crippen LogP contribution in [-0.2, 0) is 9.59 Å². The molecule has 2 saturated heterocycles. The van der Waals surface area contributed by atoms with Crippen molar-refractivity contribution in [3.63, 3.8) is 0 Å². The highest BCUT2D eigenvalue weighted by Crippen LogP contribution is 2.35. The Balaban J connectivity index is 1.40. The van der Waals surface area contributed by atoms with E-state index in [1.54, 1.807) is 43.4 Å². The molecule has 2 aliphatic rings. The van der Waals surface area contributed by atoms with Gasteiger partial charge in [0.1, 0.15) is 17.6 Å². The van der Waals surface area contributed by atoms with Crippen molar-refractivity contribution >= 4 is 57.5 Å². The van der Waals surface area contributed by atoms with Gasteiger partial charge in [0.2, 0.25) is 11.9 Å². The number of ketones is 1. The summed E-state index contributed by atoms with van der Waals surface area (Å²) in [6, 6.07) is 6.38. The maximum Gasteiger partial charge on any atom is 0.289 e. The Hall–Kier alpha value is -4.26. The van der Waals surface area contributed by atoms with Gasteiger partial charge in [-0.15, -0.1) is 0 Å². The zero-order valence-corrected chi connectivity index (χ0v) is 26.3. The van der Waals surface area contributed by atoms with Crippen molar-refractivity contribution in [2.24, 2.45) is 5.92 Å². The lowest BCUT2D eigenvalue weighted by Crippen LogP contribution is -2.49. The summed E-state index contributed by atoms with van der Waals surface area (Å²) in [7, 11) is 3.10. The average molecular weight is 623 g/mol. The van der Waals surface area contributed by atoms with Crippen LogP contribution in [0, 0.1) is 5.92 Å². The number of carbonyl (C=O) groups is 3. The Bertz CT molecular complexity index is 1540. The second-order valence-corrected chi connectivity index (χ2v) is 11.4. The predicted octanol–water partition coefficient (Wildman–Crippen LogP) is 3.94. The molecule has 0 bridgehead atoms. The van der Waals surface area contributed by atoms with Gasteiger partial charge >= 0.3 is 0 Å². The molecular formula is C31H38N6O6S. The number of ether oxygens (including phenoxy) is 2. The first-order chi connectivity index (χ1) is 21.2. The second kappa shape index (κ2) is 13.6. The monoisotopic (exact) mass is 622 g/mol. The third-order valence-electron chi connectivity index (χ3n) is 8.20. The van der Waals surface area contributed by atoms with E-state index in [9.17, 15) is 14.4 Å². The number of nitrogens with zero attached hydrogens (tertiary/aromatic N) is 5. The Morgan fingerprint density at radius 2 is 1.82 bits per heavy atom. The minimum absolute atomic E-state index is 0.132. The number of amides is 2. The Labute approximate surface area is 261 Å². The Morgan fingerprint density at radius 1 is 1.09 bits per heavy atom. The number of thiocarbonyl (C=S) groups is 1. The SMILES string of the molecule is CCC(=O)CC(C)C(=S)N1CCC[C@@H]1C(=O)Nc1nc(N2CCN(C(=O)c3ccco3)CC2)nc2cc(OC)c(OC)cc12. The lowest BCUT2D eigenvalue weighted by atomic mass is 10.0. The molecule has 3 aromatic rings. The van der Waals surface area contributed by atoms with Gasteiger partial charge in [-0.2, -0.15) is 4.98 Å². The number of furan rings is 1. The van der Waals surface area contributed by atoms with Gasteiger partial charge in [0.25, 0.3) is 5.91 Å². The number of benzene rings is 1. The van der Waals surface area contributed by atoms with Gasteiger partial charge in [0, 0.05) is 62.9 Å². The number of carbonyl (C=O) groups excluding carboxylic acids is 3. The molecular weight excluding hydrogens is 584 g/mol. The molecule has 12 nitrogen and oxygen atoms in total. The largest absolute Gasteiger partial charge is 0.493 e. The third kappa shape index (κ3) is 6.47. The van der Waals surface area contributed by atoms with Crippen LogP contribution in [0.5, 0.6) is 11.5 Å². The van der Waals surface area contributed by atoms with Crippen LogP contribution in [0.25, 0.3) is 10.9 Å². The number of fused-ring (bicyclic) bond motifs is 1. The molecule has 0 aliphatic carbocycles. The summed E-state index contributed by atoms with van der Waals surface area (Å²) in [5.41, 5.74) is 0.572. The standard InChI is InChI=1S/C31H38N6O6S/c1-5-20(38)16-19(2)30(44)37-10-6-8-23(37)28(39)33-27-21-17-25(41-3)26(42-4)18-22(21)32-31(34-27)36-13-11-35(12-14-36)29(40)24-9-7-15-43-24/h7,9,15,17-19,23H,5-6,8,10-14,16H2,1-4H3,(H,32,33,34,39)/t19?,23-/m1/s1. The zero-order valence-electron chi connectivity index (χ0n) is 25.5. The number of aromatic nitrogens is 2. The van der Waals surface area contributed by atoms with Gasteiger partial charge in [-0.3, -0.25) is 14.4 Å². The number of anilines is 2. The molecule has 4 heterocycles. The van der Waals surface area contributed by atoms with Crippen molar-refractivity contribution in [3.05, 3.63) is 36.3 Å². The Morgan fingerprint density at radius 3 is 2.48 bits per heavy atom. The lowest BCUT2D eigenvalue weighted by molar-refractivity contribution is -0.119. The van der Waals surface area contributed by atoms with E-state index in [2.05, 4.69) is 5.32 Å². The molecule has 0 spiro atoms. The summed E-state index contributed by atoms with van der Waals surface area (Å²) < 4.78 is 16.3. The second-order valence-electron chi connectivity index (χ2n) is 11.0. The Kier molecular flexibility index (Phi) is 9.62. The quantitative estimate of drug-likeness (QED) is 0.330. The van der Waals surface area contributed by atoms with Crippen LogP contribution in [0.4, 0.5) is 11.8 Å². The van der Waals surface area contributed by atoms with Crippen LogP contribution in [-0.4, -0.2) is 95.3 Å². The first-order valence-electron chi connectivity index (χ1n) is 14.9. The normalized spacial score (nSPS) is 17.5. The van der Waals surface area contributed by atoms with E-state index < -0.39 is 6.04 Å². The van der Waals surface area contributed by atoms with Crippen LogP contribution in [0.15, 0.2) is 34.9 Å². The fourth-order valence-electron chi connectivity index (χ4n) is 5.71. The molecule has 44 heavy (non-hydrogen) atoms. The van der Waals surface area contributed by atoms with Crippen molar-refractivity contribution in [1.82, 2.24) is 19.8 Å². The van der Waals surface area contributed by atoms with Crippen LogP contribution in [0.1, 0.15) is 50.1 Å². The van der Waals surface area contributed by atoms with Gasteiger partial charge in [-0.05, 0) is 31.0 Å². The summed E-state index contributed by atoms with van der Waals surface area (Å²) in [5.74, 6) is 1.68. The number of nitrogens with one attached hydrogen (secondary N) is 1. The van der Waals surface area contributed by atoms with Gasteiger partial charge in [0.05, 0.1) is 31.0 Å². The van der Waals surface area contributed by atoms with E-state index >= 15 is 0 Å². The highest BCUT2D eigenvalue weighted by molar-refractivity contribution is 7.80. The molecule has 2 aliphatic heterocycles. The van der Waals surface area contributed by atoms with Gasteiger partial charge in [0.15, 0.2) is 17.3 Å². The van der Waals surface area contributed by atoms with E-state index in [1.165, 1.54) is 6.26 Å². The molecule has 1 aromatic carbocycles. The number of piperazine rings is 1. The minimum atomic E-state index is -0.480. The molecule has 2 atom stereocenters. The summed E-state index contributed by atoms with van der Waals surface area (Å²) in [5, 5.41) is 3.66. The summed E-state index contributed by atoms with van der Waals surface area (Å²) in [4.78, 5) is 54.6. The summed E-state index contributed by atoms with van der Waals surface area (Å²) >= 11 is 5.76. The van der Waals surface area contributed by atoms with Crippen LogP contribution >= 0.6 is 12.2 Å². The molecule has 0 radical (unpaired) electrons. The van der Waals surface area contributed by atoms with Gasteiger partial charge in [-0.1, -0.05) is 26.1 Å². The van der Waals surface area contributed by atoms with Crippen LogP contribution in [0.3, 0.4) is 0 Å². The van der Waals surface area contributed by atoms with E-state index in [0.717, 1.165) is 6.42 Å². The van der Waals surface area contributed by atoms with Crippen molar-refractivity contribution in [2.75, 3.05) is 57.2 Å².